The van der Waals surface area contributed by atoms with E-state index in [4.69, 9.17) is 5.11 Å². The monoisotopic (exact) mass is 281 g/mol. The Hall–Kier alpha value is -1.49. The molecular formula is C14H19NO3S. The topological polar surface area (TPSA) is 57.6 Å². The van der Waals surface area contributed by atoms with Gasteiger partial charge in [-0.1, -0.05) is 0 Å². The molecule has 1 N–H and O–H groups in total. The molecule has 0 saturated carbocycles. The number of carbonyl (C=O) groups excluding carboxylic acids is 1. The minimum Gasteiger partial charge on any atom is -0.480 e. The smallest absolute Gasteiger partial charge is 0.323 e. The highest BCUT2D eigenvalue weighted by molar-refractivity contribution is 7.98. The number of hydrogen-bond donors (Lipinski definition) is 1. The van der Waals surface area contributed by atoms with Crippen LogP contribution < -0.4 is 0 Å². The number of carboxylic acids is 1. The minimum absolute atomic E-state index is 0.262. The first-order chi connectivity index (χ1) is 8.75. The number of carbonyl (C=O) groups is 2. The van der Waals surface area contributed by atoms with E-state index in [0.29, 0.717) is 5.56 Å². The predicted octanol–water partition coefficient (Wildman–Crippen LogP) is 2.73. The van der Waals surface area contributed by atoms with Crippen LogP contribution in [-0.2, 0) is 4.79 Å². The highest BCUT2D eigenvalue weighted by Crippen LogP contribution is 2.20. The Kier molecular flexibility index (Phi) is 5.00. The molecule has 0 fully saturated rings. The predicted molar refractivity (Wildman–Crippen MR) is 76.6 cm³/mol. The number of aliphatic carboxylic acids is 1. The summed E-state index contributed by atoms with van der Waals surface area (Å²) in [6.07, 6.45) is 1.96. The fourth-order valence-electron chi connectivity index (χ4n) is 1.64. The summed E-state index contributed by atoms with van der Waals surface area (Å²) in [6, 6.07) is 7.18. The van der Waals surface area contributed by atoms with E-state index in [1.165, 1.54) is 4.90 Å². The molecule has 1 amide bonds. The molecule has 0 aliphatic rings. The van der Waals surface area contributed by atoms with E-state index in [0.717, 1.165) is 4.90 Å². The second-order valence-electron chi connectivity index (χ2n) is 5.18. The van der Waals surface area contributed by atoms with Crippen molar-refractivity contribution in [1.29, 1.82) is 0 Å². The van der Waals surface area contributed by atoms with Crippen LogP contribution in [0.1, 0.15) is 31.1 Å². The Balaban J connectivity index is 3.01. The molecule has 0 spiro atoms. The van der Waals surface area contributed by atoms with Gasteiger partial charge in [0.15, 0.2) is 0 Å². The van der Waals surface area contributed by atoms with Gasteiger partial charge in [-0.25, -0.2) is 0 Å². The summed E-state index contributed by atoms with van der Waals surface area (Å²) in [7, 11) is 0. The molecule has 0 bridgehead atoms. The fraction of sp³-hybridized carbons (Fsp3) is 0.429. The van der Waals surface area contributed by atoms with Crippen molar-refractivity contribution in [3.8, 4) is 0 Å². The molecule has 0 aromatic heterocycles. The molecule has 1 aromatic carbocycles. The van der Waals surface area contributed by atoms with Gasteiger partial charge in [0.05, 0.1) is 0 Å². The second kappa shape index (κ2) is 6.10. The lowest BCUT2D eigenvalue weighted by Crippen LogP contribution is -2.48. The third-order valence-corrected chi connectivity index (χ3v) is 3.43. The van der Waals surface area contributed by atoms with Crippen molar-refractivity contribution in [2.75, 3.05) is 12.8 Å². The zero-order chi connectivity index (χ0) is 14.6. The Morgan fingerprint density at radius 3 is 2.11 bits per heavy atom. The van der Waals surface area contributed by atoms with Crippen molar-refractivity contribution in [2.24, 2.45) is 0 Å². The third-order valence-electron chi connectivity index (χ3n) is 2.69. The maximum Gasteiger partial charge on any atom is 0.323 e. The first-order valence-electron chi connectivity index (χ1n) is 5.93. The van der Waals surface area contributed by atoms with Crippen molar-refractivity contribution in [3.63, 3.8) is 0 Å². The highest BCUT2D eigenvalue weighted by Gasteiger charge is 2.29. The molecular weight excluding hydrogens is 262 g/mol. The Morgan fingerprint density at radius 2 is 1.74 bits per heavy atom. The maximum absolute atomic E-state index is 12.4. The molecule has 4 nitrogen and oxygen atoms in total. The van der Waals surface area contributed by atoms with E-state index in [1.54, 1.807) is 23.9 Å². The molecule has 0 aliphatic carbocycles. The molecule has 0 saturated heterocycles. The zero-order valence-electron chi connectivity index (χ0n) is 11.6. The number of benzene rings is 1. The van der Waals surface area contributed by atoms with Crippen molar-refractivity contribution in [1.82, 2.24) is 4.90 Å². The maximum atomic E-state index is 12.4. The average molecular weight is 281 g/mol. The molecule has 19 heavy (non-hydrogen) atoms. The molecule has 1 rings (SSSR count). The number of nitrogens with zero attached hydrogens (tertiary/aromatic N) is 1. The molecule has 0 unspecified atom stereocenters. The summed E-state index contributed by atoms with van der Waals surface area (Å²) >= 11 is 1.59. The summed E-state index contributed by atoms with van der Waals surface area (Å²) in [5.74, 6) is -1.27. The van der Waals surface area contributed by atoms with Gasteiger partial charge in [-0.2, -0.15) is 0 Å². The van der Waals surface area contributed by atoms with E-state index >= 15 is 0 Å². The third kappa shape index (κ3) is 4.28. The van der Waals surface area contributed by atoms with Gasteiger partial charge < -0.3 is 10.0 Å². The summed E-state index contributed by atoms with van der Waals surface area (Å²) in [5.41, 5.74) is -0.0258. The SMILES string of the molecule is CSc1ccc(C(=O)N(CC(=O)O)C(C)(C)C)cc1. The van der Waals surface area contributed by atoms with Gasteiger partial charge in [-0.15, -0.1) is 11.8 Å². The number of hydrogen-bond acceptors (Lipinski definition) is 3. The molecule has 5 heteroatoms. The molecule has 0 aliphatic heterocycles. The number of rotatable bonds is 4. The first-order valence-corrected chi connectivity index (χ1v) is 7.16. The Labute approximate surface area is 117 Å². The van der Waals surface area contributed by atoms with E-state index in [2.05, 4.69) is 0 Å². The minimum atomic E-state index is -1.01. The van der Waals surface area contributed by atoms with E-state index in [1.807, 2.05) is 39.2 Å². The number of carboxylic acid groups (broad SMARTS) is 1. The molecule has 104 valence electrons. The van der Waals surface area contributed by atoms with Gasteiger partial charge in [0.25, 0.3) is 5.91 Å². The molecule has 1 aromatic rings. The van der Waals surface area contributed by atoms with Gasteiger partial charge in [-0.05, 0) is 51.3 Å². The van der Waals surface area contributed by atoms with Crippen LogP contribution in [0.4, 0.5) is 0 Å². The van der Waals surface area contributed by atoms with Crippen LogP contribution in [0.25, 0.3) is 0 Å². The summed E-state index contributed by atoms with van der Waals surface area (Å²) < 4.78 is 0. The van der Waals surface area contributed by atoms with Gasteiger partial charge in [0.2, 0.25) is 0 Å². The Morgan fingerprint density at radius 1 is 1.21 bits per heavy atom. The summed E-state index contributed by atoms with van der Waals surface area (Å²) in [6.45, 7) is 5.17. The van der Waals surface area contributed by atoms with Crippen LogP contribution in [0.15, 0.2) is 29.2 Å². The van der Waals surface area contributed by atoms with Crippen LogP contribution in [0.2, 0.25) is 0 Å². The largest absolute Gasteiger partial charge is 0.480 e. The number of amides is 1. The van der Waals surface area contributed by atoms with Crippen LogP contribution in [0.3, 0.4) is 0 Å². The lowest BCUT2D eigenvalue weighted by atomic mass is 10.0. The zero-order valence-corrected chi connectivity index (χ0v) is 12.5. The van der Waals surface area contributed by atoms with E-state index in [9.17, 15) is 9.59 Å². The highest BCUT2D eigenvalue weighted by atomic mass is 32.2. The van der Waals surface area contributed by atoms with Gasteiger partial charge >= 0.3 is 5.97 Å². The summed E-state index contributed by atoms with van der Waals surface area (Å²) in [5, 5.41) is 8.93. The first kappa shape index (κ1) is 15.6. The average Bonchev–Trinajstić information content (AvgIpc) is 2.34. The quantitative estimate of drug-likeness (QED) is 0.862. The van der Waals surface area contributed by atoms with Crippen LogP contribution in [0.5, 0.6) is 0 Å². The molecule has 0 radical (unpaired) electrons. The van der Waals surface area contributed by atoms with Crippen LogP contribution >= 0.6 is 11.8 Å². The van der Waals surface area contributed by atoms with Crippen molar-refractivity contribution in [2.45, 2.75) is 31.2 Å². The van der Waals surface area contributed by atoms with Crippen LogP contribution in [0, 0.1) is 0 Å². The molecule has 0 heterocycles. The number of thioether (sulfide) groups is 1. The van der Waals surface area contributed by atoms with Crippen molar-refractivity contribution >= 4 is 23.6 Å². The van der Waals surface area contributed by atoms with Crippen molar-refractivity contribution in [3.05, 3.63) is 29.8 Å². The van der Waals surface area contributed by atoms with E-state index in [-0.39, 0.29) is 12.5 Å². The van der Waals surface area contributed by atoms with Crippen LogP contribution in [-0.4, -0.2) is 40.2 Å². The second-order valence-corrected chi connectivity index (χ2v) is 6.06. The van der Waals surface area contributed by atoms with Gasteiger partial charge in [0.1, 0.15) is 6.54 Å². The lowest BCUT2D eigenvalue weighted by molar-refractivity contribution is -0.138. The standard InChI is InChI=1S/C14H19NO3S/c1-14(2,3)15(9-12(16)17)13(18)10-5-7-11(19-4)8-6-10/h5-8H,9H2,1-4H3,(H,16,17). The van der Waals surface area contributed by atoms with E-state index < -0.39 is 11.5 Å². The van der Waals surface area contributed by atoms with Gasteiger partial charge in [-0.3, -0.25) is 9.59 Å². The fourth-order valence-corrected chi connectivity index (χ4v) is 2.05. The molecule has 0 atom stereocenters. The van der Waals surface area contributed by atoms with Gasteiger partial charge in [0, 0.05) is 16.0 Å². The Bertz CT molecular complexity index is 463. The lowest BCUT2D eigenvalue weighted by Gasteiger charge is -2.34. The normalized spacial score (nSPS) is 11.2. The van der Waals surface area contributed by atoms with Crippen molar-refractivity contribution < 1.29 is 14.7 Å². The summed E-state index contributed by atoms with van der Waals surface area (Å²) in [4.78, 5) is 25.7.